The van der Waals surface area contributed by atoms with E-state index in [1.807, 2.05) is 31.2 Å². The SMILES string of the molecule is CCOc1ccc(NC(=O)CSC2=Nc3ccccc3C3=NC(CCC(=O)NCc4ccco4)C(=O)N23)cc1. The summed E-state index contributed by atoms with van der Waals surface area (Å²) in [6, 6.07) is 17.3. The van der Waals surface area contributed by atoms with Gasteiger partial charge in [0, 0.05) is 17.7 Å². The molecule has 200 valence electrons. The van der Waals surface area contributed by atoms with E-state index in [1.165, 1.54) is 4.90 Å². The normalized spacial score (nSPS) is 15.7. The fourth-order valence-electron chi connectivity index (χ4n) is 4.17. The van der Waals surface area contributed by atoms with Crippen LogP contribution in [0.25, 0.3) is 0 Å². The molecule has 2 N–H and O–H groups in total. The number of hydrogen-bond donors (Lipinski definition) is 2. The Kier molecular flexibility index (Phi) is 8.07. The molecule has 11 heteroatoms. The zero-order chi connectivity index (χ0) is 27.2. The van der Waals surface area contributed by atoms with Crippen molar-refractivity contribution in [2.45, 2.75) is 32.4 Å². The lowest BCUT2D eigenvalue weighted by Crippen LogP contribution is -2.41. The molecule has 2 aromatic carbocycles. The number of thioether (sulfide) groups is 1. The van der Waals surface area contributed by atoms with Crippen LogP contribution < -0.4 is 15.4 Å². The van der Waals surface area contributed by atoms with Gasteiger partial charge in [-0.05, 0) is 61.9 Å². The first-order chi connectivity index (χ1) is 19.0. The Hall–Kier alpha value is -4.38. The highest BCUT2D eigenvalue weighted by molar-refractivity contribution is 8.14. The molecular formula is C28H27N5O5S. The Morgan fingerprint density at radius 1 is 1.08 bits per heavy atom. The fraction of sp³-hybridized carbons (Fsp3) is 0.250. The fourth-order valence-corrected chi connectivity index (χ4v) is 4.97. The van der Waals surface area contributed by atoms with E-state index in [0.717, 1.165) is 23.1 Å². The number of rotatable bonds is 10. The van der Waals surface area contributed by atoms with Crippen LogP contribution in [0.4, 0.5) is 11.4 Å². The van der Waals surface area contributed by atoms with Gasteiger partial charge >= 0.3 is 0 Å². The molecule has 0 fully saturated rings. The first kappa shape index (κ1) is 26.2. The topological polar surface area (TPSA) is 126 Å². The standard InChI is InChI=1S/C28H27N5O5S/c1-2-37-19-11-9-18(10-12-19)30-25(35)17-39-28-32-22-8-4-3-7-21(22)26-31-23(27(36)33(26)28)13-14-24(34)29-16-20-6-5-15-38-20/h3-12,15,23H,2,13-14,16-17H2,1H3,(H,29,34)(H,30,35). The maximum Gasteiger partial charge on any atom is 0.259 e. The Morgan fingerprint density at radius 3 is 2.67 bits per heavy atom. The Morgan fingerprint density at radius 2 is 1.90 bits per heavy atom. The maximum absolute atomic E-state index is 13.4. The minimum atomic E-state index is -0.719. The summed E-state index contributed by atoms with van der Waals surface area (Å²) in [5, 5.41) is 6.02. The monoisotopic (exact) mass is 545 g/mol. The van der Waals surface area contributed by atoms with E-state index in [1.54, 1.807) is 42.7 Å². The number of benzene rings is 2. The summed E-state index contributed by atoms with van der Waals surface area (Å²) >= 11 is 1.16. The first-order valence-electron chi connectivity index (χ1n) is 12.6. The molecule has 0 bridgehead atoms. The molecule has 1 aromatic heterocycles. The first-order valence-corrected chi connectivity index (χ1v) is 13.5. The van der Waals surface area contributed by atoms with Gasteiger partial charge in [0.25, 0.3) is 5.91 Å². The van der Waals surface area contributed by atoms with Crippen molar-refractivity contribution >= 4 is 51.9 Å². The van der Waals surface area contributed by atoms with E-state index in [2.05, 4.69) is 20.6 Å². The van der Waals surface area contributed by atoms with E-state index in [4.69, 9.17) is 9.15 Å². The molecule has 0 radical (unpaired) electrons. The van der Waals surface area contributed by atoms with Crippen molar-refractivity contribution in [1.29, 1.82) is 0 Å². The van der Waals surface area contributed by atoms with Crippen LogP contribution in [0.2, 0.25) is 0 Å². The molecule has 2 aliphatic heterocycles. The number of nitrogens with zero attached hydrogens (tertiary/aromatic N) is 3. The van der Waals surface area contributed by atoms with Gasteiger partial charge < -0.3 is 19.8 Å². The highest BCUT2D eigenvalue weighted by Gasteiger charge is 2.41. The predicted molar refractivity (Wildman–Crippen MR) is 149 cm³/mol. The number of ether oxygens (including phenoxy) is 1. The number of fused-ring (bicyclic) bond motifs is 3. The molecule has 10 nitrogen and oxygen atoms in total. The second kappa shape index (κ2) is 12.0. The molecule has 0 aliphatic carbocycles. The zero-order valence-electron chi connectivity index (χ0n) is 21.3. The van der Waals surface area contributed by atoms with Crippen molar-refractivity contribution < 1.29 is 23.5 Å². The van der Waals surface area contributed by atoms with E-state index >= 15 is 0 Å². The van der Waals surface area contributed by atoms with E-state index in [9.17, 15) is 14.4 Å². The van der Waals surface area contributed by atoms with Gasteiger partial charge in [-0.1, -0.05) is 23.9 Å². The predicted octanol–water partition coefficient (Wildman–Crippen LogP) is 4.11. The third kappa shape index (κ3) is 6.20. The quantitative estimate of drug-likeness (QED) is 0.395. The lowest BCUT2D eigenvalue weighted by molar-refractivity contribution is -0.125. The largest absolute Gasteiger partial charge is 0.494 e. The number of hydrogen-bond acceptors (Lipinski definition) is 8. The van der Waals surface area contributed by atoms with Crippen molar-refractivity contribution in [2.75, 3.05) is 17.7 Å². The highest BCUT2D eigenvalue weighted by Crippen LogP contribution is 2.34. The van der Waals surface area contributed by atoms with Gasteiger partial charge in [-0.15, -0.1) is 0 Å². The molecule has 0 saturated heterocycles. The Labute approximate surface area is 229 Å². The number of para-hydroxylation sites is 1. The van der Waals surface area contributed by atoms with Gasteiger partial charge in [-0.25, -0.2) is 9.89 Å². The smallest absolute Gasteiger partial charge is 0.259 e. The zero-order valence-corrected chi connectivity index (χ0v) is 22.1. The molecule has 3 aromatic rings. The number of furan rings is 1. The Balaban J connectivity index is 1.23. The van der Waals surface area contributed by atoms with Crippen LogP contribution in [0, 0.1) is 0 Å². The summed E-state index contributed by atoms with van der Waals surface area (Å²) in [6.07, 6.45) is 1.93. The average Bonchev–Trinajstić information content (AvgIpc) is 3.59. The summed E-state index contributed by atoms with van der Waals surface area (Å²) < 4.78 is 10.7. The van der Waals surface area contributed by atoms with Crippen molar-refractivity contribution in [3.05, 3.63) is 78.3 Å². The van der Waals surface area contributed by atoms with E-state index < -0.39 is 6.04 Å². The van der Waals surface area contributed by atoms with Crippen molar-refractivity contribution in [3.8, 4) is 5.75 Å². The van der Waals surface area contributed by atoms with Gasteiger partial charge in [0.15, 0.2) is 5.17 Å². The Bertz CT molecular complexity index is 1420. The number of aliphatic imine (C=N–C) groups is 2. The lowest BCUT2D eigenvalue weighted by Gasteiger charge is -2.25. The van der Waals surface area contributed by atoms with Crippen LogP contribution in [0.5, 0.6) is 5.75 Å². The number of carbonyl (C=O) groups excluding carboxylic acids is 3. The van der Waals surface area contributed by atoms with Crippen LogP contribution in [0.3, 0.4) is 0 Å². The van der Waals surface area contributed by atoms with Crippen LogP contribution >= 0.6 is 11.8 Å². The molecule has 5 rings (SSSR count). The summed E-state index contributed by atoms with van der Waals surface area (Å²) in [5.41, 5.74) is 2.05. The van der Waals surface area contributed by atoms with Gasteiger partial charge in [-0.2, -0.15) is 0 Å². The molecule has 1 atom stereocenters. The third-order valence-electron chi connectivity index (χ3n) is 6.01. The van der Waals surface area contributed by atoms with Crippen LogP contribution in [-0.4, -0.2) is 52.0 Å². The number of amidine groups is 2. The van der Waals surface area contributed by atoms with Crippen LogP contribution in [0.1, 0.15) is 31.1 Å². The molecular weight excluding hydrogens is 518 g/mol. The highest BCUT2D eigenvalue weighted by atomic mass is 32.2. The molecule has 3 amide bonds. The molecule has 39 heavy (non-hydrogen) atoms. The summed E-state index contributed by atoms with van der Waals surface area (Å²) in [5.74, 6) is 1.21. The number of anilines is 1. The van der Waals surface area contributed by atoms with E-state index in [-0.39, 0.29) is 42.9 Å². The van der Waals surface area contributed by atoms with Gasteiger partial charge in [0.2, 0.25) is 11.8 Å². The summed E-state index contributed by atoms with van der Waals surface area (Å²) in [4.78, 5) is 49.2. The van der Waals surface area contributed by atoms with Gasteiger partial charge in [0.05, 0.1) is 30.9 Å². The maximum atomic E-state index is 13.4. The van der Waals surface area contributed by atoms with Crippen LogP contribution in [-0.2, 0) is 20.9 Å². The van der Waals surface area contributed by atoms with Gasteiger partial charge in [-0.3, -0.25) is 19.4 Å². The van der Waals surface area contributed by atoms with Gasteiger partial charge in [0.1, 0.15) is 23.4 Å². The lowest BCUT2D eigenvalue weighted by atomic mass is 10.1. The third-order valence-corrected chi connectivity index (χ3v) is 6.95. The molecule has 0 saturated carbocycles. The number of amides is 3. The average molecular weight is 546 g/mol. The van der Waals surface area contributed by atoms with Crippen LogP contribution in [0.15, 0.2) is 81.3 Å². The minimum absolute atomic E-state index is 0.0467. The summed E-state index contributed by atoms with van der Waals surface area (Å²) in [6.45, 7) is 2.75. The molecule has 0 spiro atoms. The minimum Gasteiger partial charge on any atom is -0.494 e. The molecule has 1 unspecified atom stereocenters. The number of carbonyl (C=O) groups is 3. The second-order valence-corrected chi connectivity index (χ2v) is 9.69. The molecule has 2 aliphatic rings. The summed E-state index contributed by atoms with van der Waals surface area (Å²) in [7, 11) is 0. The number of nitrogens with one attached hydrogen (secondary N) is 2. The van der Waals surface area contributed by atoms with E-state index in [0.29, 0.717) is 34.7 Å². The molecule has 3 heterocycles. The van der Waals surface area contributed by atoms with Crippen molar-refractivity contribution in [1.82, 2.24) is 10.2 Å². The van der Waals surface area contributed by atoms with Crippen molar-refractivity contribution in [2.24, 2.45) is 9.98 Å². The van der Waals surface area contributed by atoms with Crippen molar-refractivity contribution in [3.63, 3.8) is 0 Å². The second-order valence-electron chi connectivity index (χ2n) is 8.74.